The summed E-state index contributed by atoms with van der Waals surface area (Å²) < 4.78 is 0. The topological polar surface area (TPSA) is 89.5 Å². The summed E-state index contributed by atoms with van der Waals surface area (Å²) in [6, 6.07) is 4.41. The lowest BCUT2D eigenvalue weighted by Crippen LogP contribution is -2.33. The molecule has 3 atom stereocenters. The second kappa shape index (κ2) is 5.27. The number of fused-ring (bicyclic) bond motifs is 1. The van der Waals surface area contributed by atoms with Crippen LogP contribution in [0.2, 0.25) is 5.02 Å². The first-order valence-corrected chi connectivity index (χ1v) is 7.34. The molecule has 1 saturated carbocycles. The van der Waals surface area contributed by atoms with Gasteiger partial charge in [-0.15, -0.1) is 0 Å². The van der Waals surface area contributed by atoms with E-state index in [2.05, 4.69) is 0 Å². The molecule has 112 valence electrons. The number of hydrogen-bond acceptors (Lipinski definition) is 4. The van der Waals surface area contributed by atoms with Gasteiger partial charge < -0.3 is 10.6 Å². The van der Waals surface area contributed by atoms with Crippen molar-refractivity contribution >= 4 is 23.2 Å². The maximum absolute atomic E-state index is 12.6. The van der Waals surface area contributed by atoms with Gasteiger partial charge in [-0.3, -0.25) is 14.9 Å². The molecule has 1 heterocycles. The molecule has 6 nitrogen and oxygen atoms in total. The van der Waals surface area contributed by atoms with Gasteiger partial charge in [-0.05, 0) is 30.7 Å². The van der Waals surface area contributed by atoms with Gasteiger partial charge in [0.15, 0.2) is 0 Å². The summed E-state index contributed by atoms with van der Waals surface area (Å²) in [7, 11) is 0. The minimum absolute atomic E-state index is 0.0160. The third-order valence-corrected chi connectivity index (χ3v) is 4.92. The number of nitro benzene ring substituents is 1. The number of rotatable bonds is 2. The third-order valence-electron chi connectivity index (χ3n) is 4.60. The van der Waals surface area contributed by atoms with Crippen LogP contribution in [0.4, 0.5) is 5.69 Å². The van der Waals surface area contributed by atoms with Crippen LogP contribution in [0.3, 0.4) is 0 Å². The van der Waals surface area contributed by atoms with Crippen LogP contribution >= 0.6 is 11.6 Å². The molecule has 2 N–H and O–H groups in total. The SMILES string of the molecule is NC1CCC2CN(C(=O)c3c(Cl)cccc3[N+](=O)[O-])CC12. The lowest BCUT2D eigenvalue weighted by Gasteiger charge is -2.19. The number of carbonyl (C=O) groups is 1. The van der Waals surface area contributed by atoms with Gasteiger partial charge in [-0.1, -0.05) is 17.7 Å². The zero-order chi connectivity index (χ0) is 15.1. The Morgan fingerprint density at radius 2 is 2.14 bits per heavy atom. The molecule has 1 aliphatic carbocycles. The van der Waals surface area contributed by atoms with Crippen molar-refractivity contribution < 1.29 is 9.72 Å². The van der Waals surface area contributed by atoms with Crippen LogP contribution < -0.4 is 5.73 Å². The number of likely N-dealkylation sites (tertiary alicyclic amines) is 1. The van der Waals surface area contributed by atoms with Gasteiger partial charge in [0.2, 0.25) is 0 Å². The standard InChI is InChI=1S/C14H16ClN3O3/c15-10-2-1-3-12(18(20)21)13(10)14(19)17-6-8-4-5-11(16)9(8)7-17/h1-3,8-9,11H,4-7,16H2. The van der Waals surface area contributed by atoms with E-state index in [1.807, 2.05) is 0 Å². The Hall–Kier alpha value is -1.66. The second-order valence-electron chi connectivity index (χ2n) is 5.77. The zero-order valence-corrected chi connectivity index (χ0v) is 12.1. The Balaban J connectivity index is 1.89. The molecule has 1 saturated heterocycles. The molecule has 1 aliphatic heterocycles. The molecule has 0 aromatic heterocycles. The molecule has 3 rings (SSSR count). The van der Waals surface area contributed by atoms with E-state index in [0.717, 1.165) is 12.8 Å². The predicted octanol–water partition coefficient (Wildman–Crippen LogP) is 2.06. The predicted molar refractivity (Wildman–Crippen MR) is 78.2 cm³/mol. The Kier molecular flexibility index (Phi) is 3.59. The summed E-state index contributed by atoms with van der Waals surface area (Å²) in [6.45, 7) is 1.17. The van der Waals surface area contributed by atoms with Crippen molar-refractivity contribution in [1.82, 2.24) is 4.90 Å². The summed E-state index contributed by atoms with van der Waals surface area (Å²) >= 11 is 6.02. The summed E-state index contributed by atoms with van der Waals surface area (Å²) in [4.78, 5) is 24.8. The van der Waals surface area contributed by atoms with Crippen molar-refractivity contribution in [1.29, 1.82) is 0 Å². The Bertz CT molecular complexity index is 607. The van der Waals surface area contributed by atoms with E-state index < -0.39 is 4.92 Å². The molecule has 2 fully saturated rings. The molecule has 7 heteroatoms. The van der Waals surface area contributed by atoms with Crippen molar-refractivity contribution in [2.45, 2.75) is 18.9 Å². The minimum atomic E-state index is -0.568. The fourth-order valence-electron chi connectivity index (χ4n) is 3.51. The number of hydrogen-bond donors (Lipinski definition) is 1. The number of nitro groups is 1. The molecule has 0 radical (unpaired) electrons. The van der Waals surface area contributed by atoms with Gasteiger partial charge in [0.25, 0.3) is 11.6 Å². The number of carbonyl (C=O) groups excluding carboxylic acids is 1. The van der Waals surface area contributed by atoms with E-state index in [1.165, 1.54) is 18.2 Å². The van der Waals surface area contributed by atoms with Crippen LogP contribution in [0.25, 0.3) is 0 Å². The second-order valence-corrected chi connectivity index (χ2v) is 6.17. The highest BCUT2D eigenvalue weighted by Crippen LogP contribution is 2.38. The molecule has 1 aromatic rings. The average Bonchev–Trinajstić information content (AvgIpc) is 3.00. The lowest BCUT2D eigenvalue weighted by molar-refractivity contribution is -0.385. The number of amides is 1. The maximum atomic E-state index is 12.6. The van der Waals surface area contributed by atoms with Crippen LogP contribution in [0.15, 0.2) is 18.2 Å². The van der Waals surface area contributed by atoms with Crippen molar-refractivity contribution in [3.63, 3.8) is 0 Å². The molecule has 0 bridgehead atoms. The van der Waals surface area contributed by atoms with Gasteiger partial charge in [0, 0.05) is 25.2 Å². The van der Waals surface area contributed by atoms with E-state index in [0.29, 0.717) is 24.9 Å². The first-order chi connectivity index (χ1) is 9.99. The van der Waals surface area contributed by atoms with Gasteiger partial charge in [0.05, 0.1) is 9.95 Å². The van der Waals surface area contributed by atoms with Crippen molar-refractivity contribution in [2.75, 3.05) is 13.1 Å². The van der Waals surface area contributed by atoms with Gasteiger partial charge >= 0.3 is 0 Å². The van der Waals surface area contributed by atoms with Crippen LogP contribution in [0, 0.1) is 22.0 Å². The van der Waals surface area contributed by atoms with Crippen LogP contribution in [-0.2, 0) is 0 Å². The third kappa shape index (κ3) is 2.38. The quantitative estimate of drug-likeness (QED) is 0.669. The van der Waals surface area contributed by atoms with Crippen molar-refractivity contribution in [2.24, 2.45) is 17.6 Å². The number of nitrogens with two attached hydrogens (primary N) is 1. The van der Waals surface area contributed by atoms with E-state index in [1.54, 1.807) is 4.90 Å². The molecular formula is C14H16ClN3O3. The van der Waals surface area contributed by atoms with E-state index in [4.69, 9.17) is 17.3 Å². The van der Waals surface area contributed by atoms with E-state index in [9.17, 15) is 14.9 Å². The number of halogens is 1. The van der Waals surface area contributed by atoms with Crippen molar-refractivity contribution in [3.05, 3.63) is 38.9 Å². The highest BCUT2D eigenvalue weighted by Gasteiger charge is 2.43. The van der Waals surface area contributed by atoms with Gasteiger partial charge in [-0.2, -0.15) is 0 Å². The largest absolute Gasteiger partial charge is 0.338 e. The number of benzene rings is 1. The molecule has 3 unspecified atom stereocenters. The van der Waals surface area contributed by atoms with E-state index in [-0.39, 0.29) is 28.2 Å². The Morgan fingerprint density at radius 3 is 2.81 bits per heavy atom. The normalized spacial score (nSPS) is 27.7. The number of nitrogens with zero attached hydrogens (tertiary/aromatic N) is 2. The Morgan fingerprint density at radius 1 is 1.38 bits per heavy atom. The Labute approximate surface area is 127 Å². The van der Waals surface area contributed by atoms with Crippen LogP contribution in [0.5, 0.6) is 0 Å². The average molecular weight is 310 g/mol. The first kappa shape index (κ1) is 14.3. The molecule has 1 amide bonds. The highest BCUT2D eigenvalue weighted by atomic mass is 35.5. The molecule has 1 aromatic carbocycles. The molecule has 0 spiro atoms. The van der Waals surface area contributed by atoms with Crippen LogP contribution in [0.1, 0.15) is 23.2 Å². The van der Waals surface area contributed by atoms with Crippen molar-refractivity contribution in [3.8, 4) is 0 Å². The summed E-state index contributed by atoms with van der Waals surface area (Å²) in [6.07, 6.45) is 2.00. The summed E-state index contributed by atoms with van der Waals surface area (Å²) in [5, 5.41) is 11.2. The minimum Gasteiger partial charge on any atom is -0.338 e. The van der Waals surface area contributed by atoms with Gasteiger partial charge in [-0.25, -0.2) is 0 Å². The molecule has 21 heavy (non-hydrogen) atoms. The fraction of sp³-hybridized carbons (Fsp3) is 0.500. The van der Waals surface area contributed by atoms with Gasteiger partial charge in [0.1, 0.15) is 5.56 Å². The first-order valence-electron chi connectivity index (χ1n) is 6.96. The summed E-state index contributed by atoms with van der Waals surface area (Å²) in [5.74, 6) is 0.342. The fourth-order valence-corrected chi connectivity index (χ4v) is 3.76. The smallest absolute Gasteiger partial charge is 0.283 e. The zero-order valence-electron chi connectivity index (χ0n) is 11.4. The monoisotopic (exact) mass is 309 g/mol. The summed E-state index contributed by atoms with van der Waals surface area (Å²) in [5.41, 5.74) is 5.80. The highest BCUT2D eigenvalue weighted by molar-refractivity contribution is 6.34. The van der Waals surface area contributed by atoms with E-state index >= 15 is 0 Å². The molecular weight excluding hydrogens is 294 g/mol. The van der Waals surface area contributed by atoms with Crippen LogP contribution in [-0.4, -0.2) is 34.9 Å². The maximum Gasteiger partial charge on any atom is 0.283 e. The molecule has 2 aliphatic rings. The lowest BCUT2D eigenvalue weighted by atomic mass is 9.98.